The van der Waals surface area contributed by atoms with Crippen molar-refractivity contribution in [2.24, 2.45) is 0 Å². The second-order valence-corrected chi connectivity index (χ2v) is 2.30. The summed E-state index contributed by atoms with van der Waals surface area (Å²) in [7, 11) is 0. The maximum Gasteiger partial charge on any atom is 0.0486 e. The molecule has 0 bridgehead atoms. The van der Waals surface area contributed by atoms with Gasteiger partial charge in [0.15, 0.2) is 0 Å². The van der Waals surface area contributed by atoms with Gasteiger partial charge in [-0.3, -0.25) is 4.98 Å². The number of rotatable bonds is 2. The number of nitrogens with zero attached hydrogens (tertiary/aromatic N) is 1. The summed E-state index contributed by atoms with van der Waals surface area (Å²) in [6.45, 7) is 2.17. The first-order valence-corrected chi connectivity index (χ1v) is 3.35. The fourth-order valence-electron chi connectivity index (χ4n) is 0.761. The zero-order valence-corrected chi connectivity index (χ0v) is 6.04. The van der Waals surface area contributed by atoms with E-state index in [0.717, 1.165) is 11.3 Å². The van der Waals surface area contributed by atoms with Gasteiger partial charge in [0.2, 0.25) is 0 Å². The highest BCUT2D eigenvalue weighted by atomic mass is 16.3. The quantitative estimate of drug-likeness (QED) is 0.657. The van der Waals surface area contributed by atoms with Crippen LogP contribution in [0.2, 0.25) is 0 Å². The second-order valence-electron chi connectivity index (χ2n) is 2.30. The van der Waals surface area contributed by atoms with Crippen LogP contribution >= 0.6 is 0 Å². The van der Waals surface area contributed by atoms with Crippen LogP contribution in [0.5, 0.6) is 0 Å². The van der Waals surface area contributed by atoms with Gasteiger partial charge in [-0.05, 0) is 18.6 Å². The molecule has 54 valence electrons. The minimum absolute atomic E-state index is 0.177. The number of aryl methyl sites for hydroxylation is 1. The molecular formula is C8H11NO. The zero-order chi connectivity index (χ0) is 7.40. The van der Waals surface area contributed by atoms with E-state index < -0.39 is 0 Å². The minimum atomic E-state index is 0.177. The van der Waals surface area contributed by atoms with Crippen molar-refractivity contribution < 1.29 is 5.11 Å². The normalized spacial score (nSPS) is 9.80. The predicted molar refractivity (Wildman–Crippen MR) is 39.8 cm³/mol. The highest BCUT2D eigenvalue weighted by molar-refractivity contribution is 5.12. The Kier molecular flexibility index (Phi) is 2.40. The molecule has 0 atom stereocenters. The molecule has 1 rings (SSSR count). The third-order valence-electron chi connectivity index (χ3n) is 1.34. The topological polar surface area (TPSA) is 33.1 Å². The lowest BCUT2D eigenvalue weighted by atomic mass is 10.2. The van der Waals surface area contributed by atoms with Crippen molar-refractivity contribution >= 4 is 0 Å². The van der Waals surface area contributed by atoms with Crippen LogP contribution in [0.4, 0.5) is 0 Å². The Hall–Kier alpha value is -0.890. The fourth-order valence-corrected chi connectivity index (χ4v) is 0.761. The van der Waals surface area contributed by atoms with Crippen LogP contribution in [0.1, 0.15) is 11.3 Å². The number of hydrogen-bond donors (Lipinski definition) is 1. The molecule has 0 saturated carbocycles. The maximum atomic E-state index is 8.55. The van der Waals surface area contributed by atoms with Crippen LogP contribution in [0.3, 0.4) is 0 Å². The van der Waals surface area contributed by atoms with E-state index in [1.54, 1.807) is 0 Å². The van der Waals surface area contributed by atoms with Crippen LogP contribution in [0.15, 0.2) is 18.3 Å². The van der Waals surface area contributed by atoms with E-state index in [9.17, 15) is 0 Å². The van der Waals surface area contributed by atoms with Crippen molar-refractivity contribution in [3.05, 3.63) is 29.6 Å². The average Bonchev–Trinajstić information content (AvgIpc) is 1.95. The second kappa shape index (κ2) is 3.32. The van der Waals surface area contributed by atoms with E-state index >= 15 is 0 Å². The summed E-state index contributed by atoms with van der Waals surface area (Å²) in [6.07, 6.45) is 2.46. The van der Waals surface area contributed by atoms with E-state index in [1.165, 1.54) is 0 Å². The van der Waals surface area contributed by atoms with Crippen molar-refractivity contribution in [3.8, 4) is 0 Å². The first kappa shape index (κ1) is 7.22. The molecule has 2 heteroatoms. The number of aliphatic hydroxyl groups is 1. The van der Waals surface area contributed by atoms with E-state index in [2.05, 4.69) is 4.98 Å². The van der Waals surface area contributed by atoms with Gasteiger partial charge >= 0.3 is 0 Å². The third kappa shape index (κ3) is 1.81. The number of hydrogen-bond acceptors (Lipinski definition) is 2. The summed E-state index contributed by atoms with van der Waals surface area (Å²) >= 11 is 0. The molecule has 0 aliphatic rings. The summed E-state index contributed by atoms with van der Waals surface area (Å²) in [5.41, 5.74) is 2.11. The summed E-state index contributed by atoms with van der Waals surface area (Å²) in [6, 6.07) is 3.93. The Bertz CT molecular complexity index is 193. The maximum absolute atomic E-state index is 8.55. The SMILES string of the molecule is Cc1ccc(CCO)nc1. The molecule has 1 heterocycles. The Balaban J connectivity index is 2.69. The minimum Gasteiger partial charge on any atom is -0.396 e. The van der Waals surface area contributed by atoms with Crippen molar-refractivity contribution in [2.75, 3.05) is 6.61 Å². The molecule has 2 nitrogen and oxygen atoms in total. The number of aromatic nitrogens is 1. The van der Waals surface area contributed by atoms with Gasteiger partial charge in [-0.2, -0.15) is 0 Å². The van der Waals surface area contributed by atoms with Gasteiger partial charge in [0.1, 0.15) is 0 Å². The van der Waals surface area contributed by atoms with Gasteiger partial charge in [-0.15, -0.1) is 0 Å². The molecule has 0 spiro atoms. The van der Waals surface area contributed by atoms with Gasteiger partial charge in [-0.1, -0.05) is 6.07 Å². The average molecular weight is 137 g/mol. The predicted octanol–water partition coefficient (Wildman–Crippen LogP) is 0.925. The van der Waals surface area contributed by atoms with Gasteiger partial charge < -0.3 is 5.11 Å². The van der Waals surface area contributed by atoms with E-state index in [1.807, 2.05) is 25.3 Å². The molecule has 0 unspecified atom stereocenters. The van der Waals surface area contributed by atoms with Crippen LogP contribution in [-0.4, -0.2) is 16.7 Å². The highest BCUT2D eigenvalue weighted by Crippen LogP contribution is 1.97. The molecule has 0 aliphatic heterocycles. The Morgan fingerprint density at radius 3 is 2.80 bits per heavy atom. The molecule has 0 aliphatic carbocycles. The standard InChI is InChI=1S/C8H11NO/c1-7-2-3-8(4-5-10)9-6-7/h2-3,6,10H,4-5H2,1H3. The van der Waals surface area contributed by atoms with Crippen molar-refractivity contribution in [1.29, 1.82) is 0 Å². The lowest BCUT2D eigenvalue weighted by molar-refractivity contribution is 0.298. The molecule has 1 aromatic rings. The van der Waals surface area contributed by atoms with Crippen molar-refractivity contribution in [2.45, 2.75) is 13.3 Å². The van der Waals surface area contributed by atoms with Gasteiger partial charge in [-0.25, -0.2) is 0 Å². The van der Waals surface area contributed by atoms with E-state index in [0.29, 0.717) is 6.42 Å². The summed E-state index contributed by atoms with van der Waals surface area (Å²) in [5.74, 6) is 0. The molecule has 0 fully saturated rings. The van der Waals surface area contributed by atoms with Crippen molar-refractivity contribution in [3.63, 3.8) is 0 Å². The first-order chi connectivity index (χ1) is 4.83. The highest BCUT2D eigenvalue weighted by Gasteiger charge is 1.90. The summed E-state index contributed by atoms with van der Waals surface area (Å²) in [4.78, 5) is 4.11. The third-order valence-corrected chi connectivity index (χ3v) is 1.34. The van der Waals surface area contributed by atoms with E-state index in [-0.39, 0.29) is 6.61 Å². The zero-order valence-electron chi connectivity index (χ0n) is 6.04. The summed E-state index contributed by atoms with van der Waals surface area (Å²) < 4.78 is 0. The van der Waals surface area contributed by atoms with Gasteiger partial charge in [0.25, 0.3) is 0 Å². The lowest BCUT2D eigenvalue weighted by Gasteiger charge is -1.95. The van der Waals surface area contributed by atoms with Gasteiger partial charge in [0.05, 0.1) is 0 Å². The molecule has 10 heavy (non-hydrogen) atoms. The number of pyridine rings is 1. The molecule has 1 N–H and O–H groups in total. The Morgan fingerprint density at radius 1 is 1.50 bits per heavy atom. The monoisotopic (exact) mass is 137 g/mol. The van der Waals surface area contributed by atoms with E-state index in [4.69, 9.17) is 5.11 Å². The first-order valence-electron chi connectivity index (χ1n) is 3.35. The van der Waals surface area contributed by atoms with Gasteiger partial charge in [0, 0.05) is 24.9 Å². The Labute approximate surface area is 60.5 Å². The molecule has 1 aromatic heterocycles. The van der Waals surface area contributed by atoms with Crippen LogP contribution in [0, 0.1) is 6.92 Å². The smallest absolute Gasteiger partial charge is 0.0486 e. The Morgan fingerprint density at radius 2 is 2.30 bits per heavy atom. The molecule has 0 saturated heterocycles. The summed E-state index contributed by atoms with van der Waals surface area (Å²) in [5, 5.41) is 8.55. The molecular weight excluding hydrogens is 126 g/mol. The molecule has 0 aromatic carbocycles. The fraction of sp³-hybridized carbons (Fsp3) is 0.375. The van der Waals surface area contributed by atoms with Crippen LogP contribution in [0.25, 0.3) is 0 Å². The lowest BCUT2D eigenvalue weighted by Crippen LogP contribution is -1.93. The van der Waals surface area contributed by atoms with Crippen LogP contribution < -0.4 is 0 Å². The largest absolute Gasteiger partial charge is 0.396 e. The molecule has 0 amide bonds. The van der Waals surface area contributed by atoms with Crippen molar-refractivity contribution in [1.82, 2.24) is 4.98 Å². The van der Waals surface area contributed by atoms with Crippen LogP contribution in [-0.2, 0) is 6.42 Å². The molecule has 0 radical (unpaired) electrons. The number of aliphatic hydroxyl groups excluding tert-OH is 1.